The third-order valence-corrected chi connectivity index (χ3v) is 4.60. The van der Waals surface area contributed by atoms with Gasteiger partial charge in [-0.1, -0.05) is 35.9 Å². The summed E-state index contributed by atoms with van der Waals surface area (Å²) in [5.41, 5.74) is 1.52. The first-order valence-electron chi connectivity index (χ1n) is 8.26. The number of hydrogen-bond donors (Lipinski definition) is 0. The van der Waals surface area contributed by atoms with Crippen LogP contribution in [0.5, 0.6) is 5.88 Å². The molecule has 4 rings (SSSR count). The minimum atomic E-state index is -0.0446. The minimum Gasteiger partial charge on any atom is -0.472 e. The van der Waals surface area contributed by atoms with Crippen molar-refractivity contribution < 1.29 is 9.53 Å². The lowest BCUT2D eigenvalue weighted by molar-refractivity contribution is 0.0771. The van der Waals surface area contributed by atoms with Crippen LogP contribution < -0.4 is 4.74 Å². The molecule has 25 heavy (non-hydrogen) atoms. The molecule has 1 atom stereocenters. The Bertz CT molecular complexity index is 928. The van der Waals surface area contributed by atoms with Gasteiger partial charge < -0.3 is 9.64 Å². The monoisotopic (exact) mass is 352 g/mol. The summed E-state index contributed by atoms with van der Waals surface area (Å²) in [4.78, 5) is 18.9. The highest BCUT2D eigenvalue weighted by atomic mass is 35.5. The second-order valence-electron chi connectivity index (χ2n) is 6.13. The number of likely N-dealkylation sites (tertiary alicyclic amines) is 1. The lowest BCUT2D eigenvalue weighted by Crippen LogP contribution is -2.31. The first kappa shape index (κ1) is 15.9. The molecule has 1 amide bonds. The van der Waals surface area contributed by atoms with E-state index in [9.17, 15) is 4.79 Å². The van der Waals surface area contributed by atoms with Crippen LogP contribution in [0.1, 0.15) is 16.8 Å². The van der Waals surface area contributed by atoms with Crippen molar-refractivity contribution in [3.05, 3.63) is 71.2 Å². The number of aromatic nitrogens is 1. The van der Waals surface area contributed by atoms with Crippen LogP contribution in [0.15, 0.2) is 60.7 Å². The Morgan fingerprint density at radius 2 is 2.00 bits per heavy atom. The zero-order chi connectivity index (χ0) is 17.2. The second-order valence-corrected chi connectivity index (χ2v) is 6.57. The SMILES string of the molecule is O=C(c1cccc(Cl)c1)N1CCC(Oc2ccc3ccccc3n2)C1. The summed E-state index contributed by atoms with van der Waals surface area (Å²) in [6.45, 7) is 1.23. The number of para-hydroxylation sites is 1. The fourth-order valence-electron chi connectivity index (χ4n) is 3.10. The van der Waals surface area contributed by atoms with Gasteiger partial charge in [-0.25, -0.2) is 4.98 Å². The number of carbonyl (C=O) groups is 1. The highest BCUT2D eigenvalue weighted by molar-refractivity contribution is 6.30. The Hall–Kier alpha value is -2.59. The molecule has 5 heteroatoms. The van der Waals surface area contributed by atoms with E-state index in [-0.39, 0.29) is 12.0 Å². The summed E-state index contributed by atoms with van der Waals surface area (Å²) >= 11 is 5.98. The molecule has 0 N–H and O–H groups in total. The van der Waals surface area contributed by atoms with Gasteiger partial charge in [0.2, 0.25) is 5.88 Å². The quantitative estimate of drug-likeness (QED) is 0.710. The normalized spacial score (nSPS) is 17.0. The van der Waals surface area contributed by atoms with Crippen LogP contribution in [0.2, 0.25) is 5.02 Å². The summed E-state index contributed by atoms with van der Waals surface area (Å²) in [5.74, 6) is 0.584. The van der Waals surface area contributed by atoms with E-state index >= 15 is 0 Å². The third kappa shape index (κ3) is 3.44. The van der Waals surface area contributed by atoms with Gasteiger partial charge in [0.15, 0.2) is 0 Å². The Labute approximate surface area is 151 Å². The molecule has 0 aliphatic carbocycles. The lowest BCUT2D eigenvalue weighted by Gasteiger charge is -2.17. The van der Waals surface area contributed by atoms with Crippen molar-refractivity contribution in [2.45, 2.75) is 12.5 Å². The van der Waals surface area contributed by atoms with Gasteiger partial charge in [0, 0.05) is 35.0 Å². The van der Waals surface area contributed by atoms with Crippen molar-refractivity contribution in [3.63, 3.8) is 0 Å². The average molecular weight is 353 g/mol. The maximum Gasteiger partial charge on any atom is 0.254 e. The second kappa shape index (κ2) is 6.73. The predicted octanol–water partition coefficient (Wildman–Crippen LogP) is 4.18. The van der Waals surface area contributed by atoms with Crippen molar-refractivity contribution in [1.82, 2.24) is 9.88 Å². The molecule has 2 heterocycles. The number of fused-ring (bicyclic) bond motifs is 1. The number of benzene rings is 2. The predicted molar refractivity (Wildman–Crippen MR) is 98.1 cm³/mol. The molecule has 3 aromatic rings. The fraction of sp³-hybridized carbons (Fsp3) is 0.200. The van der Waals surface area contributed by atoms with E-state index in [1.165, 1.54) is 0 Å². The first-order valence-corrected chi connectivity index (χ1v) is 8.64. The van der Waals surface area contributed by atoms with Gasteiger partial charge >= 0.3 is 0 Å². The van der Waals surface area contributed by atoms with Gasteiger partial charge in [0.25, 0.3) is 5.91 Å². The molecule has 0 spiro atoms. The maximum absolute atomic E-state index is 12.6. The van der Waals surface area contributed by atoms with E-state index in [2.05, 4.69) is 4.98 Å². The molecule has 2 aromatic carbocycles. The number of rotatable bonds is 3. The van der Waals surface area contributed by atoms with Gasteiger partial charge in [-0.2, -0.15) is 0 Å². The summed E-state index contributed by atoms with van der Waals surface area (Å²) < 4.78 is 5.99. The van der Waals surface area contributed by atoms with Gasteiger partial charge in [-0.15, -0.1) is 0 Å². The third-order valence-electron chi connectivity index (χ3n) is 4.36. The van der Waals surface area contributed by atoms with Crippen LogP contribution in [-0.2, 0) is 0 Å². The smallest absolute Gasteiger partial charge is 0.254 e. The molecule has 0 saturated carbocycles. The number of hydrogen-bond acceptors (Lipinski definition) is 3. The van der Waals surface area contributed by atoms with E-state index in [0.717, 1.165) is 17.3 Å². The molecule has 126 valence electrons. The molecule has 1 saturated heterocycles. The molecule has 4 nitrogen and oxygen atoms in total. The van der Waals surface area contributed by atoms with Crippen LogP contribution in [0.4, 0.5) is 0 Å². The summed E-state index contributed by atoms with van der Waals surface area (Å²) in [7, 11) is 0. The van der Waals surface area contributed by atoms with Crippen molar-refractivity contribution in [1.29, 1.82) is 0 Å². The maximum atomic E-state index is 12.6. The molecule has 1 aliphatic rings. The van der Waals surface area contributed by atoms with Crippen molar-refractivity contribution >= 4 is 28.4 Å². The van der Waals surface area contributed by atoms with E-state index < -0.39 is 0 Å². The number of nitrogens with zero attached hydrogens (tertiary/aromatic N) is 2. The topological polar surface area (TPSA) is 42.4 Å². The number of carbonyl (C=O) groups excluding carboxylic acids is 1. The molecule has 1 unspecified atom stereocenters. The van der Waals surface area contributed by atoms with Gasteiger partial charge in [-0.3, -0.25) is 4.79 Å². The molecule has 0 radical (unpaired) electrons. The van der Waals surface area contributed by atoms with E-state index in [0.29, 0.717) is 29.6 Å². The Morgan fingerprint density at radius 1 is 1.12 bits per heavy atom. The molecule has 0 bridgehead atoms. The fourth-order valence-corrected chi connectivity index (χ4v) is 3.29. The van der Waals surface area contributed by atoms with Gasteiger partial charge in [-0.05, 0) is 30.3 Å². The van der Waals surface area contributed by atoms with E-state index in [1.807, 2.05) is 36.4 Å². The highest BCUT2D eigenvalue weighted by Gasteiger charge is 2.28. The Kier molecular flexibility index (Phi) is 4.28. The number of halogens is 1. The standard InChI is InChI=1S/C20H17ClN2O2/c21-16-6-3-5-15(12-16)20(24)23-11-10-17(13-23)25-19-9-8-14-4-1-2-7-18(14)22-19/h1-9,12,17H,10-11,13H2. The van der Waals surface area contributed by atoms with Crippen LogP contribution in [0.3, 0.4) is 0 Å². The van der Waals surface area contributed by atoms with E-state index in [4.69, 9.17) is 16.3 Å². The number of ether oxygens (including phenoxy) is 1. The molecule has 1 fully saturated rings. The zero-order valence-electron chi connectivity index (χ0n) is 13.6. The summed E-state index contributed by atoms with van der Waals surface area (Å²) in [5, 5.41) is 1.65. The summed E-state index contributed by atoms with van der Waals surface area (Å²) in [6.07, 6.45) is 0.748. The number of amides is 1. The van der Waals surface area contributed by atoms with Crippen LogP contribution in [0.25, 0.3) is 10.9 Å². The summed E-state index contributed by atoms with van der Waals surface area (Å²) in [6, 6.07) is 18.8. The largest absolute Gasteiger partial charge is 0.472 e. The minimum absolute atomic E-state index is 0.0138. The van der Waals surface area contributed by atoms with Crippen LogP contribution >= 0.6 is 11.6 Å². The Balaban J connectivity index is 1.44. The lowest BCUT2D eigenvalue weighted by atomic mass is 10.2. The highest BCUT2D eigenvalue weighted by Crippen LogP contribution is 2.22. The zero-order valence-corrected chi connectivity index (χ0v) is 14.3. The first-order chi connectivity index (χ1) is 12.2. The molecular formula is C20H17ClN2O2. The van der Waals surface area contributed by atoms with Crippen molar-refractivity contribution in [2.75, 3.05) is 13.1 Å². The van der Waals surface area contributed by atoms with Crippen molar-refractivity contribution in [3.8, 4) is 5.88 Å². The molecule has 1 aromatic heterocycles. The average Bonchev–Trinajstić information content (AvgIpc) is 3.09. The van der Waals surface area contributed by atoms with Crippen molar-refractivity contribution in [2.24, 2.45) is 0 Å². The van der Waals surface area contributed by atoms with Gasteiger partial charge in [0.05, 0.1) is 12.1 Å². The molecule has 1 aliphatic heterocycles. The number of pyridine rings is 1. The van der Waals surface area contributed by atoms with Gasteiger partial charge in [0.1, 0.15) is 6.10 Å². The van der Waals surface area contributed by atoms with Crippen LogP contribution in [-0.4, -0.2) is 35.0 Å². The Morgan fingerprint density at radius 3 is 2.88 bits per heavy atom. The molecular weight excluding hydrogens is 336 g/mol. The van der Waals surface area contributed by atoms with Crippen LogP contribution in [0, 0.1) is 0 Å². The van der Waals surface area contributed by atoms with E-state index in [1.54, 1.807) is 29.2 Å².